The van der Waals surface area contributed by atoms with E-state index in [1.165, 1.54) is 12.1 Å². The zero-order chi connectivity index (χ0) is 19.3. The van der Waals surface area contributed by atoms with Gasteiger partial charge >= 0.3 is 0 Å². The Labute approximate surface area is 153 Å². The van der Waals surface area contributed by atoms with Crippen molar-refractivity contribution >= 4 is 17.1 Å². The van der Waals surface area contributed by atoms with E-state index < -0.39 is 4.92 Å². The highest BCUT2D eigenvalue weighted by Crippen LogP contribution is 2.38. The van der Waals surface area contributed by atoms with Crippen LogP contribution < -0.4 is 0 Å². The van der Waals surface area contributed by atoms with Gasteiger partial charge in [-0.1, -0.05) is 52.3 Å². The summed E-state index contributed by atoms with van der Waals surface area (Å²) in [5, 5.41) is 29.8. The third-order valence-corrected chi connectivity index (χ3v) is 4.18. The van der Waals surface area contributed by atoms with E-state index in [9.17, 15) is 15.2 Å². The number of nitro benzene ring substituents is 1. The molecule has 138 valence electrons. The smallest absolute Gasteiger partial charge is 0.296 e. The van der Waals surface area contributed by atoms with Crippen LogP contribution in [0.4, 0.5) is 17.1 Å². The summed E-state index contributed by atoms with van der Waals surface area (Å²) in [4.78, 5) is 10.6. The van der Waals surface area contributed by atoms with E-state index in [-0.39, 0.29) is 22.5 Å². The van der Waals surface area contributed by atoms with Crippen LogP contribution in [0, 0.1) is 10.1 Å². The molecule has 0 bridgehead atoms. The maximum Gasteiger partial charge on any atom is 0.296 e. The van der Waals surface area contributed by atoms with Crippen molar-refractivity contribution in [1.82, 2.24) is 0 Å². The van der Waals surface area contributed by atoms with Crippen LogP contribution in [0.5, 0.6) is 5.75 Å². The van der Waals surface area contributed by atoms with Crippen LogP contribution in [0.2, 0.25) is 0 Å². The predicted octanol–water partition coefficient (Wildman–Crippen LogP) is 6.36. The average Bonchev–Trinajstić information content (AvgIpc) is 2.59. The summed E-state index contributed by atoms with van der Waals surface area (Å²) in [6, 6.07) is 9.96. The molecule has 0 heterocycles. The van der Waals surface area contributed by atoms with E-state index in [2.05, 4.69) is 37.9 Å². The van der Waals surface area contributed by atoms with Crippen molar-refractivity contribution in [3.63, 3.8) is 0 Å². The minimum absolute atomic E-state index is 0.0915. The Morgan fingerprint density at radius 1 is 1.12 bits per heavy atom. The molecule has 2 aromatic rings. The van der Waals surface area contributed by atoms with Gasteiger partial charge in [-0.05, 0) is 41.5 Å². The molecule has 0 saturated heterocycles. The topological polar surface area (TPSA) is 88.1 Å². The van der Waals surface area contributed by atoms with Crippen LogP contribution in [0.3, 0.4) is 0 Å². The minimum atomic E-state index is -0.494. The van der Waals surface area contributed by atoms with E-state index >= 15 is 0 Å². The highest BCUT2D eigenvalue weighted by Gasteiger charge is 2.19. The van der Waals surface area contributed by atoms with Gasteiger partial charge in [-0.25, -0.2) is 0 Å². The number of azo groups is 1. The van der Waals surface area contributed by atoms with Crippen molar-refractivity contribution in [3.05, 3.63) is 57.6 Å². The number of rotatable bonds is 6. The molecule has 6 heteroatoms. The second-order valence-corrected chi connectivity index (χ2v) is 7.30. The minimum Gasteiger partial charge on any atom is -0.505 e. The van der Waals surface area contributed by atoms with Gasteiger partial charge in [0.15, 0.2) is 5.69 Å². The first kappa shape index (κ1) is 19.6. The standard InChI is InChI=1S/C20H25N3O3/c1-5-6-9-14-12-15(20(2,3)4)13-17(19(14)24)22-21-16-10-7-8-11-18(16)23(25)26/h7-8,10-13,24H,5-6,9H2,1-4H3. The van der Waals surface area contributed by atoms with Crippen LogP contribution >= 0.6 is 0 Å². The lowest BCUT2D eigenvalue weighted by Gasteiger charge is -2.21. The summed E-state index contributed by atoms with van der Waals surface area (Å²) in [5.41, 5.74) is 2.13. The summed E-state index contributed by atoms with van der Waals surface area (Å²) in [7, 11) is 0. The number of aromatic hydroxyl groups is 1. The van der Waals surface area contributed by atoms with Gasteiger partial charge in [0.1, 0.15) is 11.4 Å². The molecular weight excluding hydrogens is 330 g/mol. The first-order valence-electron chi connectivity index (χ1n) is 8.75. The Hall–Kier alpha value is -2.76. The predicted molar refractivity (Wildman–Crippen MR) is 103 cm³/mol. The molecule has 0 atom stereocenters. The maximum atomic E-state index is 11.1. The maximum absolute atomic E-state index is 11.1. The van der Waals surface area contributed by atoms with Gasteiger partial charge < -0.3 is 5.11 Å². The van der Waals surface area contributed by atoms with Crippen LogP contribution in [-0.4, -0.2) is 10.0 Å². The number of hydrogen-bond donors (Lipinski definition) is 1. The molecule has 1 N–H and O–H groups in total. The molecule has 0 aliphatic rings. The van der Waals surface area contributed by atoms with Crippen molar-refractivity contribution in [3.8, 4) is 5.75 Å². The second-order valence-electron chi connectivity index (χ2n) is 7.30. The Balaban J connectivity index is 2.50. The molecule has 0 aliphatic carbocycles. The van der Waals surface area contributed by atoms with Crippen LogP contribution in [0.15, 0.2) is 46.6 Å². The van der Waals surface area contributed by atoms with Gasteiger partial charge in [0.05, 0.1) is 4.92 Å². The van der Waals surface area contributed by atoms with Crippen LogP contribution in [0.25, 0.3) is 0 Å². The molecule has 0 saturated carbocycles. The lowest BCUT2D eigenvalue weighted by atomic mass is 9.85. The van der Waals surface area contributed by atoms with Gasteiger partial charge in [-0.2, -0.15) is 0 Å². The Kier molecular flexibility index (Phi) is 6.08. The molecule has 0 spiro atoms. The fourth-order valence-electron chi connectivity index (χ4n) is 2.56. The molecule has 26 heavy (non-hydrogen) atoms. The number of benzene rings is 2. The van der Waals surface area contributed by atoms with Crippen molar-refractivity contribution in [2.75, 3.05) is 0 Å². The highest BCUT2D eigenvalue weighted by molar-refractivity contribution is 5.60. The van der Waals surface area contributed by atoms with Crippen molar-refractivity contribution in [2.24, 2.45) is 10.2 Å². The van der Waals surface area contributed by atoms with Gasteiger partial charge in [-0.15, -0.1) is 10.2 Å². The molecule has 0 fully saturated rings. The number of aryl methyl sites for hydroxylation is 1. The van der Waals surface area contributed by atoms with E-state index in [4.69, 9.17) is 0 Å². The Morgan fingerprint density at radius 3 is 2.38 bits per heavy atom. The number of phenols is 1. The van der Waals surface area contributed by atoms with Crippen LogP contribution in [-0.2, 0) is 11.8 Å². The number of nitro groups is 1. The lowest BCUT2D eigenvalue weighted by molar-refractivity contribution is -0.384. The monoisotopic (exact) mass is 355 g/mol. The quantitative estimate of drug-likeness (QED) is 0.371. The normalized spacial score (nSPS) is 11.8. The number of unbranched alkanes of at least 4 members (excludes halogenated alkanes) is 1. The summed E-state index contributed by atoms with van der Waals surface area (Å²) in [6.07, 6.45) is 2.73. The number of phenolic OH excluding ortho intramolecular Hbond substituents is 1. The summed E-state index contributed by atoms with van der Waals surface area (Å²) in [5.74, 6) is 0.0915. The number of hydrogen-bond acceptors (Lipinski definition) is 5. The molecule has 2 rings (SSSR count). The summed E-state index contributed by atoms with van der Waals surface area (Å²) >= 11 is 0. The lowest BCUT2D eigenvalue weighted by Crippen LogP contribution is -2.11. The third-order valence-electron chi connectivity index (χ3n) is 4.18. The molecule has 2 aromatic carbocycles. The second kappa shape index (κ2) is 8.08. The zero-order valence-electron chi connectivity index (χ0n) is 15.7. The largest absolute Gasteiger partial charge is 0.505 e. The fourth-order valence-corrected chi connectivity index (χ4v) is 2.56. The SMILES string of the molecule is CCCCc1cc(C(C)(C)C)cc(N=Nc2ccccc2[N+](=O)[O-])c1O. The summed E-state index contributed by atoms with van der Waals surface area (Å²) in [6.45, 7) is 8.36. The average molecular weight is 355 g/mol. The molecule has 6 nitrogen and oxygen atoms in total. The Bertz CT molecular complexity index is 824. The summed E-state index contributed by atoms with van der Waals surface area (Å²) < 4.78 is 0. The molecular formula is C20H25N3O3. The fraction of sp³-hybridized carbons (Fsp3) is 0.400. The van der Waals surface area contributed by atoms with Gasteiger partial charge in [0.2, 0.25) is 0 Å². The Morgan fingerprint density at radius 2 is 1.77 bits per heavy atom. The first-order valence-corrected chi connectivity index (χ1v) is 8.75. The van der Waals surface area contributed by atoms with Crippen LogP contribution in [0.1, 0.15) is 51.7 Å². The number of nitrogens with zero attached hydrogens (tertiary/aromatic N) is 3. The van der Waals surface area contributed by atoms with Gasteiger partial charge in [0.25, 0.3) is 5.69 Å². The molecule has 0 amide bonds. The van der Waals surface area contributed by atoms with Crippen molar-refractivity contribution in [1.29, 1.82) is 0 Å². The molecule has 0 radical (unpaired) electrons. The third kappa shape index (κ3) is 4.65. The molecule has 0 aliphatic heterocycles. The highest BCUT2D eigenvalue weighted by atomic mass is 16.6. The van der Waals surface area contributed by atoms with Gasteiger partial charge in [0, 0.05) is 6.07 Å². The van der Waals surface area contributed by atoms with E-state index in [0.29, 0.717) is 5.69 Å². The molecule has 0 aromatic heterocycles. The molecule has 0 unspecified atom stereocenters. The van der Waals surface area contributed by atoms with Crippen molar-refractivity contribution < 1.29 is 10.0 Å². The van der Waals surface area contributed by atoms with E-state index in [0.717, 1.165) is 30.4 Å². The zero-order valence-corrected chi connectivity index (χ0v) is 15.7. The van der Waals surface area contributed by atoms with E-state index in [1.54, 1.807) is 18.2 Å². The van der Waals surface area contributed by atoms with Gasteiger partial charge in [-0.3, -0.25) is 10.1 Å². The van der Waals surface area contributed by atoms with Crippen molar-refractivity contribution in [2.45, 2.75) is 52.4 Å². The number of para-hydroxylation sites is 1. The first-order chi connectivity index (χ1) is 12.2. The van der Waals surface area contributed by atoms with E-state index in [1.807, 2.05) is 6.07 Å².